The van der Waals surface area contributed by atoms with Crippen LogP contribution in [0.5, 0.6) is 5.75 Å². The summed E-state index contributed by atoms with van der Waals surface area (Å²) in [5, 5.41) is 21.8. The van der Waals surface area contributed by atoms with Gasteiger partial charge in [0.25, 0.3) is 11.6 Å². The van der Waals surface area contributed by atoms with E-state index in [2.05, 4.69) is 20.7 Å². The Morgan fingerprint density at radius 2 is 2.03 bits per heavy atom. The number of nitro groups is 1. The van der Waals surface area contributed by atoms with Crippen molar-refractivity contribution in [3.63, 3.8) is 0 Å². The summed E-state index contributed by atoms with van der Waals surface area (Å²) in [6, 6.07) is 15.0. The lowest BCUT2D eigenvalue weighted by Crippen LogP contribution is -2.19. The van der Waals surface area contributed by atoms with E-state index in [1.54, 1.807) is 25.1 Å². The molecule has 0 aliphatic heterocycles. The maximum absolute atomic E-state index is 12.4. The number of nitrogens with zero attached hydrogens (tertiary/aromatic N) is 3. The molecule has 0 spiro atoms. The molecule has 0 saturated carbocycles. The van der Waals surface area contributed by atoms with Gasteiger partial charge in [-0.05, 0) is 32.0 Å². The third-order valence-corrected chi connectivity index (χ3v) is 4.09. The molecule has 0 radical (unpaired) electrons. The fraction of sp³-hybridized carbons (Fsp3) is 0.150. The van der Waals surface area contributed by atoms with Gasteiger partial charge in [0, 0.05) is 23.3 Å². The summed E-state index contributed by atoms with van der Waals surface area (Å²) in [6.07, 6.45) is 0. The van der Waals surface area contributed by atoms with E-state index in [9.17, 15) is 14.9 Å². The Hall–Kier alpha value is -4.01. The Labute approximate surface area is 166 Å². The van der Waals surface area contributed by atoms with Gasteiger partial charge in [0.05, 0.1) is 22.9 Å². The van der Waals surface area contributed by atoms with Crippen LogP contribution in [0.25, 0.3) is 11.3 Å². The number of para-hydroxylation sites is 1. The number of hydrogen-bond donors (Lipinski definition) is 2. The van der Waals surface area contributed by atoms with E-state index in [4.69, 9.17) is 4.74 Å². The molecule has 0 unspecified atom stereocenters. The monoisotopic (exact) mass is 393 g/mol. The van der Waals surface area contributed by atoms with Gasteiger partial charge in [-0.15, -0.1) is 0 Å². The lowest BCUT2D eigenvalue weighted by Gasteiger charge is -2.07. The predicted molar refractivity (Wildman–Crippen MR) is 108 cm³/mol. The molecule has 0 saturated heterocycles. The lowest BCUT2D eigenvalue weighted by molar-refractivity contribution is -0.384. The number of carbonyl (C=O) groups excluding carboxylic acids is 1. The third-order valence-electron chi connectivity index (χ3n) is 4.09. The van der Waals surface area contributed by atoms with Crippen LogP contribution in [0.15, 0.2) is 59.7 Å². The van der Waals surface area contributed by atoms with Gasteiger partial charge in [-0.25, -0.2) is 5.43 Å². The zero-order chi connectivity index (χ0) is 20.8. The van der Waals surface area contributed by atoms with Crippen molar-refractivity contribution >= 4 is 17.3 Å². The summed E-state index contributed by atoms with van der Waals surface area (Å²) in [4.78, 5) is 22.8. The van der Waals surface area contributed by atoms with Crippen molar-refractivity contribution in [1.29, 1.82) is 0 Å². The van der Waals surface area contributed by atoms with E-state index in [0.29, 0.717) is 29.3 Å². The summed E-state index contributed by atoms with van der Waals surface area (Å²) in [5.41, 5.74) is 4.91. The zero-order valence-corrected chi connectivity index (χ0v) is 15.9. The van der Waals surface area contributed by atoms with E-state index in [-0.39, 0.29) is 11.4 Å². The minimum Gasteiger partial charge on any atom is -0.493 e. The summed E-state index contributed by atoms with van der Waals surface area (Å²) < 4.78 is 5.59. The number of aromatic nitrogens is 2. The van der Waals surface area contributed by atoms with Gasteiger partial charge < -0.3 is 4.74 Å². The van der Waals surface area contributed by atoms with E-state index >= 15 is 0 Å². The first kappa shape index (κ1) is 19.7. The van der Waals surface area contributed by atoms with Crippen LogP contribution in [0.3, 0.4) is 0 Å². The highest BCUT2D eigenvalue weighted by atomic mass is 16.6. The number of nitrogens with one attached hydrogen (secondary N) is 2. The number of rotatable bonds is 7. The fourth-order valence-corrected chi connectivity index (χ4v) is 2.64. The number of nitro benzene ring substituents is 1. The minimum atomic E-state index is -0.485. The number of non-ortho nitro benzene ring substituents is 1. The molecule has 1 aromatic heterocycles. The summed E-state index contributed by atoms with van der Waals surface area (Å²) >= 11 is 0. The maximum atomic E-state index is 12.4. The molecule has 9 heteroatoms. The van der Waals surface area contributed by atoms with E-state index in [1.165, 1.54) is 12.1 Å². The first-order chi connectivity index (χ1) is 14.0. The second kappa shape index (κ2) is 8.79. The van der Waals surface area contributed by atoms with Gasteiger partial charge in [0.2, 0.25) is 0 Å². The molecule has 1 amide bonds. The third kappa shape index (κ3) is 4.64. The number of ether oxygens (including phenoxy) is 1. The Morgan fingerprint density at radius 3 is 2.79 bits per heavy atom. The summed E-state index contributed by atoms with van der Waals surface area (Å²) in [6.45, 7) is 4.05. The number of amides is 1. The van der Waals surface area contributed by atoms with Gasteiger partial charge in [0.1, 0.15) is 11.4 Å². The van der Waals surface area contributed by atoms with Gasteiger partial charge in [-0.2, -0.15) is 10.2 Å². The topological polar surface area (TPSA) is 123 Å². The maximum Gasteiger partial charge on any atom is 0.289 e. The first-order valence-corrected chi connectivity index (χ1v) is 8.86. The van der Waals surface area contributed by atoms with E-state index in [0.717, 1.165) is 5.56 Å². The van der Waals surface area contributed by atoms with Crippen LogP contribution < -0.4 is 10.2 Å². The first-order valence-electron chi connectivity index (χ1n) is 8.86. The normalized spacial score (nSPS) is 11.2. The fourth-order valence-electron chi connectivity index (χ4n) is 2.64. The van der Waals surface area contributed by atoms with Crippen LogP contribution in [0.4, 0.5) is 5.69 Å². The number of benzene rings is 2. The van der Waals surface area contributed by atoms with Gasteiger partial charge in [-0.3, -0.25) is 20.0 Å². The molecule has 0 aliphatic rings. The second-order valence-electron chi connectivity index (χ2n) is 6.04. The van der Waals surface area contributed by atoms with Gasteiger partial charge >= 0.3 is 0 Å². The van der Waals surface area contributed by atoms with Gasteiger partial charge in [0.15, 0.2) is 0 Å². The molecule has 2 aromatic carbocycles. The molecule has 0 bridgehead atoms. The molecule has 0 fully saturated rings. The number of hydrazone groups is 1. The van der Waals surface area contributed by atoms with E-state index in [1.807, 2.05) is 31.2 Å². The Kier molecular flexibility index (Phi) is 5.98. The molecule has 0 atom stereocenters. The molecule has 29 heavy (non-hydrogen) atoms. The number of aromatic amines is 1. The minimum absolute atomic E-state index is 0.0467. The predicted octanol–water partition coefficient (Wildman–Crippen LogP) is 3.54. The molecule has 2 N–H and O–H groups in total. The smallest absolute Gasteiger partial charge is 0.289 e. The van der Waals surface area contributed by atoms with Crippen LogP contribution in [0, 0.1) is 10.1 Å². The van der Waals surface area contributed by atoms with Crippen LogP contribution in [-0.2, 0) is 0 Å². The molecule has 0 aliphatic carbocycles. The van der Waals surface area contributed by atoms with Crippen molar-refractivity contribution in [3.05, 3.63) is 76.0 Å². The van der Waals surface area contributed by atoms with Crippen molar-refractivity contribution in [3.8, 4) is 17.0 Å². The number of hydrogen-bond acceptors (Lipinski definition) is 6. The van der Waals surface area contributed by atoms with Crippen molar-refractivity contribution in [2.75, 3.05) is 6.61 Å². The standard InChI is InChI=1S/C20H19N5O4/c1-3-29-19-10-5-4-9-16(19)17-12-18(23-22-17)20(26)24-21-13(2)14-7-6-8-15(11-14)25(27)28/h4-12H,3H2,1-2H3,(H,22,23)(H,24,26)/b21-13-. The van der Waals surface area contributed by atoms with Crippen molar-refractivity contribution in [2.45, 2.75) is 13.8 Å². The lowest BCUT2D eigenvalue weighted by atomic mass is 10.1. The van der Waals surface area contributed by atoms with Gasteiger partial charge in [-0.1, -0.05) is 24.3 Å². The van der Waals surface area contributed by atoms with Crippen LogP contribution in [0.1, 0.15) is 29.9 Å². The average Bonchev–Trinajstić information content (AvgIpc) is 3.22. The van der Waals surface area contributed by atoms with Crippen molar-refractivity contribution in [1.82, 2.24) is 15.6 Å². The van der Waals surface area contributed by atoms with E-state index < -0.39 is 10.8 Å². The highest BCUT2D eigenvalue weighted by molar-refractivity contribution is 6.01. The second-order valence-corrected chi connectivity index (χ2v) is 6.04. The quantitative estimate of drug-likeness (QED) is 0.361. The Balaban J connectivity index is 1.75. The number of H-pyrrole nitrogens is 1. The largest absolute Gasteiger partial charge is 0.493 e. The van der Waals surface area contributed by atoms with Crippen molar-refractivity contribution in [2.24, 2.45) is 5.10 Å². The highest BCUT2D eigenvalue weighted by Gasteiger charge is 2.14. The summed E-state index contributed by atoms with van der Waals surface area (Å²) in [7, 11) is 0. The molecular weight excluding hydrogens is 374 g/mol. The molecule has 9 nitrogen and oxygen atoms in total. The van der Waals surface area contributed by atoms with Crippen molar-refractivity contribution < 1.29 is 14.5 Å². The number of carbonyl (C=O) groups is 1. The van der Waals surface area contributed by atoms with Crippen LogP contribution in [0.2, 0.25) is 0 Å². The molecule has 1 heterocycles. The Bertz CT molecular complexity index is 1070. The molecular formula is C20H19N5O4. The van der Waals surface area contributed by atoms with Crippen LogP contribution >= 0.6 is 0 Å². The Morgan fingerprint density at radius 1 is 1.24 bits per heavy atom. The van der Waals surface area contributed by atoms with Crippen LogP contribution in [-0.4, -0.2) is 33.3 Å². The average molecular weight is 393 g/mol. The molecule has 3 rings (SSSR count). The highest BCUT2D eigenvalue weighted by Crippen LogP contribution is 2.28. The zero-order valence-electron chi connectivity index (χ0n) is 15.9. The SMILES string of the molecule is CCOc1ccccc1-c1cc(C(=O)N/N=C(/C)c2cccc([N+](=O)[O-])c2)[nH]n1. The summed E-state index contributed by atoms with van der Waals surface area (Å²) in [5.74, 6) is 0.190. The molecule has 148 valence electrons. The molecule has 3 aromatic rings.